The molecule has 0 radical (unpaired) electrons. The third-order valence-electron chi connectivity index (χ3n) is 6.34. The number of hydrogen-bond acceptors (Lipinski definition) is 3. The van der Waals surface area contributed by atoms with Gasteiger partial charge in [0.1, 0.15) is 5.75 Å². The van der Waals surface area contributed by atoms with Crippen LogP contribution in [0.2, 0.25) is 18.1 Å². The Kier molecular flexibility index (Phi) is 7.84. The second kappa shape index (κ2) is 9.67. The van der Waals surface area contributed by atoms with E-state index in [9.17, 15) is 9.90 Å². The van der Waals surface area contributed by atoms with Crippen LogP contribution in [0.4, 0.5) is 4.79 Å². The second-order valence-electron chi connectivity index (χ2n) is 10.9. The predicted molar refractivity (Wildman–Crippen MR) is 134 cm³/mol. The lowest BCUT2D eigenvalue weighted by Gasteiger charge is -2.36. The lowest BCUT2D eigenvalue weighted by Crippen LogP contribution is -2.40. The van der Waals surface area contributed by atoms with Crippen LogP contribution in [0.15, 0.2) is 42.5 Å². The summed E-state index contributed by atoms with van der Waals surface area (Å²) in [7, 11) is -0.219. The van der Waals surface area contributed by atoms with E-state index in [1.54, 1.807) is 7.11 Å². The molecule has 0 fully saturated rings. The van der Waals surface area contributed by atoms with Crippen molar-refractivity contribution < 1.29 is 19.1 Å². The largest absolute Gasteiger partial charge is 0.496 e. The van der Waals surface area contributed by atoms with Crippen LogP contribution in [0.3, 0.4) is 0 Å². The van der Waals surface area contributed by atoms with Gasteiger partial charge in [0, 0.05) is 11.1 Å². The van der Waals surface area contributed by atoms with Crippen LogP contribution in [0.25, 0.3) is 11.1 Å². The van der Waals surface area contributed by atoms with Crippen LogP contribution in [0, 0.1) is 5.41 Å². The first-order chi connectivity index (χ1) is 14.7. The molecule has 1 unspecified atom stereocenters. The fourth-order valence-corrected chi connectivity index (χ4v) is 4.39. The first-order valence-electron chi connectivity index (χ1n) is 11.1. The summed E-state index contributed by atoms with van der Waals surface area (Å²) in [4.78, 5) is 11.5. The van der Waals surface area contributed by atoms with E-state index in [2.05, 4.69) is 51.3 Å². The van der Waals surface area contributed by atoms with Gasteiger partial charge in [-0.2, -0.15) is 0 Å². The molecule has 1 amide bonds. The Morgan fingerprint density at radius 1 is 1.06 bits per heavy atom. The van der Waals surface area contributed by atoms with Gasteiger partial charge in [0.25, 0.3) is 0 Å². The number of hydrogen-bond donors (Lipinski definition) is 2. The van der Waals surface area contributed by atoms with Crippen molar-refractivity contribution in [1.29, 1.82) is 0 Å². The average molecular weight is 458 g/mol. The van der Waals surface area contributed by atoms with Gasteiger partial charge in [-0.1, -0.05) is 77.9 Å². The van der Waals surface area contributed by atoms with Gasteiger partial charge in [-0.25, -0.2) is 4.79 Å². The Bertz CT molecular complexity index is 942. The fourth-order valence-electron chi connectivity index (χ4n) is 3.43. The van der Waals surface area contributed by atoms with Crippen molar-refractivity contribution in [3.63, 3.8) is 0 Å². The van der Waals surface area contributed by atoms with E-state index in [1.807, 2.05) is 51.1 Å². The Balaban J connectivity index is 2.46. The molecule has 32 heavy (non-hydrogen) atoms. The molecule has 1 atom stereocenters. The maximum Gasteiger partial charge on any atom is 0.405 e. The molecule has 2 N–H and O–H groups in total. The van der Waals surface area contributed by atoms with Crippen molar-refractivity contribution in [2.75, 3.05) is 7.11 Å². The number of ether oxygens (including phenoxy) is 1. The molecule has 2 aromatic rings. The van der Waals surface area contributed by atoms with Crippen molar-refractivity contribution in [3.05, 3.63) is 53.6 Å². The van der Waals surface area contributed by atoms with E-state index in [0.717, 1.165) is 22.3 Å². The number of carbonyl (C=O) groups is 1. The maximum absolute atomic E-state index is 11.5. The fraction of sp³-hybridized carbons (Fsp3) is 0.500. The van der Waals surface area contributed by atoms with Crippen LogP contribution in [-0.4, -0.2) is 26.6 Å². The van der Waals surface area contributed by atoms with Gasteiger partial charge in [-0.3, -0.25) is 0 Å². The van der Waals surface area contributed by atoms with Crippen LogP contribution in [-0.2, 0) is 11.0 Å². The third-order valence-corrected chi connectivity index (χ3v) is 10.8. The Morgan fingerprint density at radius 2 is 1.69 bits per heavy atom. The van der Waals surface area contributed by atoms with E-state index >= 15 is 0 Å². The van der Waals surface area contributed by atoms with Crippen LogP contribution < -0.4 is 10.1 Å². The monoisotopic (exact) mass is 457 g/mol. The first kappa shape index (κ1) is 25.9. The molecular formula is C26H39NO4Si. The summed E-state index contributed by atoms with van der Waals surface area (Å²) >= 11 is 0. The summed E-state index contributed by atoms with van der Waals surface area (Å²) in [6.45, 7) is 17.8. The number of benzene rings is 2. The second-order valence-corrected chi connectivity index (χ2v) is 15.7. The summed E-state index contributed by atoms with van der Waals surface area (Å²) in [5.41, 5.74) is 3.55. The molecule has 176 valence electrons. The molecule has 5 nitrogen and oxygen atoms in total. The molecule has 0 aromatic heterocycles. The van der Waals surface area contributed by atoms with Gasteiger partial charge in [0.05, 0.1) is 19.8 Å². The van der Waals surface area contributed by atoms with Gasteiger partial charge in [-0.05, 0) is 40.7 Å². The standard InChI is InChI=1S/C26H39NO4Si/c1-25(2,3)23(27-24(28)29)21-15-11-14-20(22(21)30-7)19-13-10-12-18(16-19)17-31-32(8,9)26(4,5)6/h10-16,23,27H,17H2,1-9H3,(H,28,29). The van der Waals surface area contributed by atoms with E-state index in [1.165, 1.54) is 0 Å². The minimum atomic E-state index is -1.85. The lowest BCUT2D eigenvalue weighted by molar-refractivity contribution is 0.174. The van der Waals surface area contributed by atoms with Crippen LogP contribution in [0.5, 0.6) is 5.75 Å². The summed E-state index contributed by atoms with van der Waals surface area (Å²) in [5.74, 6) is 0.684. The van der Waals surface area contributed by atoms with Gasteiger partial charge in [0.15, 0.2) is 8.32 Å². The molecule has 0 saturated heterocycles. The Hall–Kier alpha value is -2.31. The van der Waals surface area contributed by atoms with Crippen LogP contribution >= 0.6 is 0 Å². The van der Waals surface area contributed by atoms with Crippen molar-refractivity contribution in [2.24, 2.45) is 5.41 Å². The quantitative estimate of drug-likeness (QED) is 0.430. The number of rotatable bonds is 7. The summed E-state index contributed by atoms with van der Waals surface area (Å²) in [6, 6.07) is 13.8. The summed E-state index contributed by atoms with van der Waals surface area (Å²) in [6.07, 6.45) is -1.05. The Morgan fingerprint density at radius 3 is 2.22 bits per heavy atom. The number of para-hydroxylation sites is 1. The Labute approximate surface area is 194 Å². The van der Waals surface area contributed by atoms with E-state index in [-0.39, 0.29) is 10.5 Å². The maximum atomic E-state index is 11.5. The molecule has 0 aliphatic heterocycles. The smallest absolute Gasteiger partial charge is 0.405 e. The van der Waals surface area contributed by atoms with E-state index < -0.39 is 20.5 Å². The number of amides is 1. The number of methoxy groups -OCH3 is 1. The topological polar surface area (TPSA) is 67.8 Å². The highest BCUT2D eigenvalue weighted by Gasteiger charge is 2.37. The average Bonchev–Trinajstić information content (AvgIpc) is 2.68. The van der Waals surface area contributed by atoms with Crippen molar-refractivity contribution in [3.8, 4) is 16.9 Å². The molecule has 0 heterocycles. The molecule has 0 aliphatic carbocycles. The molecule has 0 spiro atoms. The van der Waals surface area contributed by atoms with Crippen molar-refractivity contribution in [1.82, 2.24) is 5.32 Å². The highest BCUT2D eigenvalue weighted by atomic mass is 28.4. The zero-order valence-corrected chi connectivity index (χ0v) is 22.0. The highest BCUT2D eigenvalue weighted by Crippen LogP contribution is 2.42. The van der Waals surface area contributed by atoms with Crippen molar-refractivity contribution >= 4 is 14.4 Å². The van der Waals surface area contributed by atoms with Gasteiger partial charge in [-0.15, -0.1) is 0 Å². The van der Waals surface area contributed by atoms with Crippen LogP contribution in [0.1, 0.15) is 58.7 Å². The molecule has 0 aliphatic rings. The predicted octanol–water partition coefficient (Wildman–Crippen LogP) is 7.24. The zero-order valence-electron chi connectivity index (χ0n) is 21.0. The molecule has 0 saturated carbocycles. The number of nitrogens with one attached hydrogen (secondary N) is 1. The minimum Gasteiger partial charge on any atom is -0.496 e. The highest BCUT2D eigenvalue weighted by molar-refractivity contribution is 6.74. The van der Waals surface area contributed by atoms with Gasteiger partial charge < -0.3 is 19.6 Å². The first-order valence-corrected chi connectivity index (χ1v) is 14.0. The minimum absolute atomic E-state index is 0.154. The zero-order chi connectivity index (χ0) is 24.3. The van der Waals surface area contributed by atoms with Gasteiger partial charge in [0.2, 0.25) is 0 Å². The lowest BCUT2D eigenvalue weighted by atomic mass is 9.81. The molecule has 6 heteroatoms. The molecule has 2 aromatic carbocycles. The van der Waals surface area contributed by atoms with E-state index in [4.69, 9.17) is 9.16 Å². The molecule has 0 bridgehead atoms. The van der Waals surface area contributed by atoms with Crippen molar-refractivity contribution in [2.45, 2.75) is 72.3 Å². The van der Waals surface area contributed by atoms with Gasteiger partial charge >= 0.3 is 6.09 Å². The number of carboxylic acid groups (broad SMARTS) is 1. The normalized spacial score (nSPS) is 13.5. The summed E-state index contributed by atoms with van der Waals surface area (Å²) in [5, 5.41) is 12.2. The molecular weight excluding hydrogens is 418 g/mol. The summed E-state index contributed by atoms with van der Waals surface area (Å²) < 4.78 is 12.2. The molecule has 2 rings (SSSR count). The third kappa shape index (κ3) is 6.14. The SMILES string of the molecule is COc1c(-c2cccc(CO[Si](C)(C)C(C)(C)C)c2)cccc1C(NC(=O)O)C(C)(C)C. The van der Waals surface area contributed by atoms with E-state index in [0.29, 0.717) is 12.4 Å².